The molecule has 2 saturated heterocycles. The first kappa shape index (κ1) is 23.9. The Bertz CT molecular complexity index is 977. The van der Waals surface area contributed by atoms with Crippen molar-refractivity contribution in [1.82, 2.24) is 19.8 Å². The lowest BCUT2D eigenvalue weighted by atomic mass is 9.96. The molecular formula is C26H40N6OS. The third-order valence-corrected chi connectivity index (χ3v) is 9.04. The average molecular weight is 485 g/mol. The lowest BCUT2D eigenvalue weighted by Crippen LogP contribution is -2.38. The number of nitrogens with two attached hydrogens (primary N) is 1. The monoisotopic (exact) mass is 484 g/mol. The Hall–Kier alpha value is -1.77. The summed E-state index contributed by atoms with van der Waals surface area (Å²) in [6.07, 6.45) is 13.0. The topological polar surface area (TPSA) is 87.4 Å². The number of aryl methyl sites for hydroxylation is 2. The van der Waals surface area contributed by atoms with Crippen LogP contribution in [0, 0.1) is 5.92 Å². The molecule has 2 aliphatic heterocycles. The minimum absolute atomic E-state index is 0.0776. The van der Waals surface area contributed by atoms with Gasteiger partial charge in [0.15, 0.2) is 0 Å². The van der Waals surface area contributed by atoms with E-state index in [-0.39, 0.29) is 11.8 Å². The maximum Gasteiger partial charge on any atom is 0.220 e. The number of fused-ring (bicyclic) bond motifs is 3. The normalized spacial score (nSPS) is 20.5. The molecule has 3 N–H and O–H groups in total. The Morgan fingerprint density at radius 2 is 1.76 bits per heavy atom. The van der Waals surface area contributed by atoms with Gasteiger partial charge in [0.2, 0.25) is 5.91 Å². The molecule has 1 aliphatic carbocycles. The van der Waals surface area contributed by atoms with Crippen LogP contribution in [0.4, 0.5) is 5.82 Å². The predicted molar refractivity (Wildman–Crippen MR) is 139 cm³/mol. The van der Waals surface area contributed by atoms with Crippen molar-refractivity contribution in [1.29, 1.82) is 0 Å². The van der Waals surface area contributed by atoms with Gasteiger partial charge in [0.05, 0.1) is 11.9 Å². The molecule has 0 radical (unpaired) electrons. The van der Waals surface area contributed by atoms with E-state index in [9.17, 15) is 4.79 Å². The summed E-state index contributed by atoms with van der Waals surface area (Å²) in [6.45, 7) is 7.24. The summed E-state index contributed by atoms with van der Waals surface area (Å²) in [4.78, 5) is 29.2. The lowest BCUT2D eigenvalue weighted by Gasteiger charge is -2.30. The van der Waals surface area contributed by atoms with Gasteiger partial charge in [-0.15, -0.1) is 11.3 Å². The molecule has 2 fully saturated rings. The summed E-state index contributed by atoms with van der Waals surface area (Å²) in [6, 6.07) is 0. The van der Waals surface area contributed by atoms with Crippen LogP contribution in [0.5, 0.6) is 0 Å². The van der Waals surface area contributed by atoms with Crippen LogP contribution in [-0.4, -0.2) is 64.9 Å². The van der Waals surface area contributed by atoms with Crippen LogP contribution in [0.2, 0.25) is 0 Å². The third-order valence-electron chi connectivity index (χ3n) is 7.86. The third kappa shape index (κ3) is 5.71. The van der Waals surface area contributed by atoms with E-state index in [4.69, 9.17) is 15.7 Å². The highest BCUT2D eigenvalue weighted by Crippen LogP contribution is 2.38. The number of thiophene rings is 1. The highest BCUT2D eigenvalue weighted by molar-refractivity contribution is 7.19. The minimum atomic E-state index is -0.129. The molecule has 3 aliphatic rings. The molecule has 34 heavy (non-hydrogen) atoms. The zero-order valence-corrected chi connectivity index (χ0v) is 21.3. The summed E-state index contributed by atoms with van der Waals surface area (Å²) < 4.78 is 0. The smallest absolute Gasteiger partial charge is 0.220 e. The molecule has 5 rings (SSSR count). The fourth-order valence-electron chi connectivity index (χ4n) is 5.83. The Balaban J connectivity index is 1.20. The van der Waals surface area contributed by atoms with Crippen molar-refractivity contribution in [2.75, 3.05) is 44.6 Å². The van der Waals surface area contributed by atoms with E-state index in [2.05, 4.69) is 15.1 Å². The quantitative estimate of drug-likeness (QED) is 0.524. The van der Waals surface area contributed by atoms with Gasteiger partial charge in [0.1, 0.15) is 16.5 Å². The molecule has 186 valence electrons. The van der Waals surface area contributed by atoms with Gasteiger partial charge in [-0.1, -0.05) is 6.42 Å². The number of likely N-dealkylation sites (tertiary alicyclic amines) is 2. The second-order valence-electron chi connectivity index (χ2n) is 10.4. The van der Waals surface area contributed by atoms with Crippen LogP contribution in [0.1, 0.15) is 74.1 Å². The number of anilines is 1. The second-order valence-corrected chi connectivity index (χ2v) is 11.5. The zero-order valence-electron chi connectivity index (χ0n) is 20.5. The van der Waals surface area contributed by atoms with E-state index in [1.54, 1.807) is 0 Å². The number of piperidine rings is 2. The SMILES string of the molecule is NC(=O)C1CCN(CCCCNc2nc(CN3CCCCC3)nc3sc4c(c23)CCCC4)CC1. The highest BCUT2D eigenvalue weighted by atomic mass is 32.1. The summed E-state index contributed by atoms with van der Waals surface area (Å²) >= 11 is 1.91. The van der Waals surface area contributed by atoms with E-state index < -0.39 is 0 Å². The number of rotatable bonds is 9. The molecule has 0 spiro atoms. The molecule has 1 amide bonds. The summed E-state index contributed by atoms with van der Waals surface area (Å²) in [7, 11) is 0. The number of hydrogen-bond donors (Lipinski definition) is 2. The highest BCUT2D eigenvalue weighted by Gasteiger charge is 2.23. The van der Waals surface area contributed by atoms with Crippen LogP contribution < -0.4 is 11.1 Å². The summed E-state index contributed by atoms with van der Waals surface area (Å²) in [5.41, 5.74) is 6.98. The molecule has 0 unspecified atom stereocenters. The molecule has 7 nitrogen and oxygen atoms in total. The van der Waals surface area contributed by atoms with Gasteiger partial charge in [-0.05, 0) is 102 Å². The lowest BCUT2D eigenvalue weighted by molar-refractivity contribution is -0.123. The van der Waals surface area contributed by atoms with Gasteiger partial charge in [0, 0.05) is 17.3 Å². The van der Waals surface area contributed by atoms with Gasteiger partial charge in [-0.2, -0.15) is 0 Å². The van der Waals surface area contributed by atoms with Crippen LogP contribution in [0.25, 0.3) is 10.2 Å². The predicted octanol–water partition coefficient (Wildman–Crippen LogP) is 3.95. The number of carbonyl (C=O) groups is 1. The molecule has 0 atom stereocenters. The van der Waals surface area contributed by atoms with Crippen molar-refractivity contribution in [2.45, 2.75) is 77.2 Å². The van der Waals surface area contributed by atoms with Crippen molar-refractivity contribution < 1.29 is 4.79 Å². The van der Waals surface area contributed by atoms with Gasteiger partial charge >= 0.3 is 0 Å². The van der Waals surface area contributed by atoms with E-state index >= 15 is 0 Å². The van der Waals surface area contributed by atoms with Crippen LogP contribution in [0.3, 0.4) is 0 Å². The van der Waals surface area contributed by atoms with Crippen LogP contribution >= 0.6 is 11.3 Å². The number of primary amides is 1. The Labute approximate surface area is 207 Å². The largest absolute Gasteiger partial charge is 0.369 e. The number of nitrogens with zero attached hydrogens (tertiary/aromatic N) is 4. The van der Waals surface area contributed by atoms with Gasteiger partial charge < -0.3 is 16.0 Å². The van der Waals surface area contributed by atoms with Crippen LogP contribution in [0.15, 0.2) is 0 Å². The first-order valence-corrected chi connectivity index (χ1v) is 14.3. The van der Waals surface area contributed by atoms with Crippen molar-refractivity contribution in [3.8, 4) is 0 Å². The van der Waals surface area contributed by atoms with Crippen molar-refractivity contribution in [3.05, 3.63) is 16.3 Å². The molecule has 2 aromatic rings. The first-order valence-electron chi connectivity index (χ1n) is 13.5. The Kier molecular flexibility index (Phi) is 7.97. The Morgan fingerprint density at radius 3 is 2.56 bits per heavy atom. The van der Waals surface area contributed by atoms with Gasteiger partial charge in [0.25, 0.3) is 0 Å². The minimum Gasteiger partial charge on any atom is -0.369 e. The van der Waals surface area contributed by atoms with E-state index in [0.717, 1.165) is 70.0 Å². The average Bonchev–Trinajstić information content (AvgIpc) is 3.23. The van der Waals surface area contributed by atoms with Crippen molar-refractivity contribution >= 4 is 33.3 Å². The number of nitrogens with one attached hydrogen (secondary N) is 1. The maximum atomic E-state index is 11.4. The standard InChI is InChI=1S/C26H40N6OS/c27-24(33)19-10-16-31(17-11-19)13-7-4-12-28-25-23-20-8-2-3-9-21(20)34-26(23)30-22(29-25)18-32-14-5-1-6-15-32/h19H,1-18H2,(H2,27,33)(H,28,29,30). The van der Waals surface area contributed by atoms with Crippen molar-refractivity contribution in [2.24, 2.45) is 11.7 Å². The van der Waals surface area contributed by atoms with E-state index in [1.807, 2.05) is 11.3 Å². The number of carbonyl (C=O) groups excluding carboxylic acids is 1. The number of amides is 1. The molecule has 0 saturated carbocycles. The van der Waals surface area contributed by atoms with Gasteiger partial charge in [-0.3, -0.25) is 9.69 Å². The van der Waals surface area contributed by atoms with E-state index in [0.29, 0.717) is 0 Å². The number of hydrogen-bond acceptors (Lipinski definition) is 7. The summed E-state index contributed by atoms with van der Waals surface area (Å²) in [5, 5.41) is 5.02. The molecule has 8 heteroatoms. The second kappa shape index (κ2) is 11.3. The summed E-state index contributed by atoms with van der Waals surface area (Å²) in [5.74, 6) is 2.00. The fourth-order valence-corrected chi connectivity index (χ4v) is 7.11. The van der Waals surface area contributed by atoms with Gasteiger partial charge in [-0.25, -0.2) is 9.97 Å². The van der Waals surface area contributed by atoms with Crippen molar-refractivity contribution in [3.63, 3.8) is 0 Å². The van der Waals surface area contributed by atoms with E-state index in [1.165, 1.54) is 78.7 Å². The number of unbranched alkanes of at least 4 members (excludes halogenated alkanes) is 1. The number of aromatic nitrogens is 2. The maximum absolute atomic E-state index is 11.4. The molecular weight excluding hydrogens is 444 g/mol. The Morgan fingerprint density at radius 1 is 0.971 bits per heavy atom. The zero-order chi connectivity index (χ0) is 23.3. The molecule has 2 aromatic heterocycles. The fraction of sp³-hybridized carbons (Fsp3) is 0.731. The van der Waals surface area contributed by atoms with Crippen LogP contribution in [-0.2, 0) is 24.2 Å². The first-order chi connectivity index (χ1) is 16.7. The molecule has 0 bridgehead atoms. The molecule has 4 heterocycles. The molecule has 0 aromatic carbocycles.